The molecule has 16 N–H and O–H groups in total. The molecule has 17 heteroatoms. The van der Waals surface area contributed by atoms with Crippen LogP contribution in [0.25, 0.3) is 0 Å². The lowest BCUT2D eigenvalue weighted by Gasteiger charge is -2.14. The van der Waals surface area contributed by atoms with Gasteiger partial charge >= 0.3 is 23.9 Å². The third-order valence-corrected chi connectivity index (χ3v) is 3.25. The Morgan fingerprint density at radius 1 is 0.788 bits per heavy atom. The summed E-state index contributed by atoms with van der Waals surface area (Å²) in [5, 5.41) is 33.0. The highest BCUT2D eigenvalue weighted by Gasteiger charge is 2.26. The lowest BCUT2D eigenvalue weighted by molar-refractivity contribution is -0.163. The van der Waals surface area contributed by atoms with E-state index in [0.717, 1.165) is 0 Å². The second kappa shape index (κ2) is 18.4. The maximum Gasteiger partial charge on any atom is 0.333 e. The predicted molar refractivity (Wildman–Crippen MR) is 109 cm³/mol. The van der Waals surface area contributed by atoms with E-state index in [1.165, 1.54) is 6.92 Å². The van der Waals surface area contributed by atoms with Gasteiger partial charge in [0.05, 0.1) is 19.1 Å². The average molecular weight is 484 g/mol. The lowest BCUT2D eigenvalue weighted by Crippen LogP contribution is -2.44. The van der Waals surface area contributed by atoms with Crippen LogP contribution in [0.4, 0.5) is 0 Å². The lowest BCUT2D eigenvalue weighted by atomic mass is 10.1. The predicted octanol–water partition coefficient (Wildman–Crippen LogP) is -5.98. The molecule has 5 atom stereocenters. The quantitative estimate of drug-likeness (QED) is 0.0962. The Labute approximate surface area is 188 Å². The smallest absolute Gasteiger partial charge is 0.333 e. The largest absolute Gasteiger partial charge is 0.480 e. The van der Waals surface area contributed by atoms with Gasteiger partial charge in [-0.2, -0.15) is 0 Å². The van der Waals surface area contributed by atoms with Crippen molar-refractivity contribution in [2.75, 3.05) is 6.61 Å². The van der Waals surface area contributed by atoms with E-state index in [9.17, 15) is 28.8 Å². The van der Waals surface area contributed by atoms with Crippen LogP contribution in [0, 0.1) is 0 Å². The average Bonchev–Trinajstić information content (AvgIpc) is 2.70. The minimum atomic E-state index is -1.32. The van der Waals surface area contributed by atoms with E-state index in [1.807, 2.05) is 0 Å². The van der Waals surface area contributed by atoms with Gasteiger partial charge < -0.3 is 59.6 Å². The van der Waals surface area contributed by atoms with Crippen LogP contribution in [-0.4, -0.2) is 93.0 Å². The van der Waals surface area contributed by atoms with Gasteiger partial charge in [-0.3, -0.25) is 19.2 Å². The van der Waals surface area contributed by atoms with Crippen LogP contribution in [0.2, 0.25) is 0 Å². The number of ether oxygens (including phenoxy) is 1. The molecule has 0 aromatic rings. The summed E-state index contributed by atoms with van der Waals surface area (Å²) in [6.45, 7) is 0.777. The zero-order valence-corrected chi connectivity index (χ0v) is 17.8. The van der Waals surface area contributed by atoms with E-state index in [1.54, 1.807) is 0 Å². The number of aliphatic carboxylic acids is 2. The minimum Gasteiger partial charge on any atom is -0.480 e. The van der Waals surface area contributed by atoms with Crippen LogP contribution in [0.3, 0.4) is 0 Å². The molecule has 0 aliphatic carbocycles. The van der Waals surface area contributed by atoms with Crippen molar-refractivity contribution in [1.29, 1.82) is 0 Å². The molecule has 17 nitrogen and oxygen atoms in total. The number of aliphatic hydroxyl groups excluding tert-OH is 2. The molecular weight excluding hydrogens is 452 g/mol. The van der Waals surface area contributed by atoms with Gasteiger partial charge in [0, 0.05) is 6.42 Å². The van der Waals surface area contributed by atoms with E-state index in [-0.39, 0.29) is 19.3 Å². The Morgan fingerprint density at radius 3 is 1.48 bits per heavy atom. The number of esters is 2. The molecule has 0 aliphatic rings. The van der Waals surface area contributed by atoms with Crippen molar-refractivity contribution >= 4 is 35.7 Å². The van der Waals surface area contributed by atoms with Crippen molar-refractivity contribution in [1.82, 2.24) is 0 Å². The molecular formula is C16H32N6O11. The number of primary amides is 2. The number of hydrogen-bond donors (Lipinski definition) is 10. The standard InChI is InChI=1S/C9H17N3O5.C4H8N2O3.C3H7NO3/c1-4(13)7(12)9(16)17-8(15)5(10)2-3-6(11)14;5-2(4(8)9)1-3(6)7;4-2(1-5)3(6)7/h4-5,7,13H,2-3,10,12H2,1H3,(H2,11,14);2H,1,5H2,(H2,6,7)(H,8,9);2,5H,1,4H2,(H,6,7)/t4-,5+,7+;2*2-/m100/s1. The number of aliphatic hydroxyl groups is 2. The summed E-state index contributed by atoms with van der Waals surface area (Å²) < 4.78 is 4.33. The van der Waals surface area contributed by atoms with Gasteiger partial charge in [0.1, 0.15) is 24.2 Å². The number of nitrogens with two attached hydrogens (primary N) is 6. The van der Waals surface area contributed by atoms with Crippen LogP contribution in [0.1, 0.15) is 26.2 Å². The van der Waals surface area contributed by atoms with E-state index >= 15 is 0 Å². The Morgan fingerprint density at radius 2 is 1.24 bits per heavy atom. The summed E-state index contributed by atoms with van der Waals surface area (Å²) in [6, 6.07) is -4.74. The van der Waals surface area contributed by atoms with Crippen LogP contribution in [0.5, 0.6) is 0 Å². The molecule has 0 fully saturated rings. The molecule has 2 amide bonds. The molecule has 0 aromatic heterocycles. The SMILES string of the molecule is C[C@@H](O)[C@H](N)C(=O)OC(=O)[C@@H](N)CCC(N)=O.NC(=O)C[C@H](N)C(=O)O.N[C@@H](CO)C(=O)O. The van der Waals surface area contributed by atoms with Gasteiger partial charge in [0.15, 0.2) is 0 Å². The Hall–Kier alpha value is -3.22. The number of carbonyl (C=O) groups excluding carboxylic acids is 4. The summed E-state index contributed by atoms with van der Waals surface area (Å²) in [6.07, 6.45) is -1.56. The third kappa shape index (κ3) is 20.4. The molecule has 0 aromatic carbocycles. The highest BCUT2D eigenvalue weighted by molar-refractivity contribution is 5.91. The molecule has 0 radical (unpaired) electrons. The van der Waals surface area contributed by atoms with Gasteiger partial charge in [0.2, 0.25) is 11.8 Å². The number of carbonyl (C=O) groups is 6. The Kier molecular flexibility index (Phi) is 19.1. The maximum absolute atomic E-state index is 11.2. The van der Waals surface area contributed by atoms with Gasteiger partial charge in [-0.25, -0.2) is 9.59 Å². The second-order valence-electron chi connectivity index (χ2n) is 6.36. The first-order valence-electron chi connectivity index (χ1n) is 9.06. The van der Waals surface area contributed by atoms with E-state index in [4.69, 9.17) is 49.1 Å². The summed E-state index contributed by atoms with van der Waals surface area (Å²) >= 11 is 0. The summed E-state index contributed by atoms with van der Waals surface area (Å²) in [4.78, 5) is 62.4. The zero-order valence-electron chi connectivity index (χ0n) is 17.8. The number of carboxylic acids is 2. The molecule has 33 heavy (non-hydrogen) atoms. The molecule has 0 heterocycles. The summed E-state index contributed by atoms with van der Waals surface area (Å²) in [5.74, 6) is -5.78. The van der Waals surface area contributed by atoms with Gasteiger partial charge in [-0.15, -0.1) is 0 Å². The molecule has 192 valence electrons. The fourth-order valence-electron chi connectivity index (χ4n) is 1.24. The normalized spacial score (nSPS) is 14.4. The van der Waals surface area contributed by atoms with Crippen molar-refractivity contribution in [3.05, 3.63) is 0 Å². The summed E-state index contributed by atoms with van der Waals surface area (Å²) in [7, 11) is 0. The van der Waals surface area contributed by atoms with Crippen molar-refractivity contribution in [2.45, 2.75) is 56.5 Å². The number of amides is 2. The fourth-order valence-corrected chi connectivity index (χ4v) is 1.24. The molecule has 0 rings (SSSR count). The molecule has 0 bridgehead atoms. The maximum atomic E-state index is 11.2. The summed E-state index contributed by atoms with van der Waals surface area (Å²) in [5.41, 5.74) is 29.8. The zero-order chi connectivity index (χ0) is 26.9. The highest BCUT2D eigenvalue weighted by Crippen LogP contribution is 1.99. The van der Waals surface area contributed by atoms with Gasteiger partial charge in [-0.1, -0.05) is 0 Å². The number of carboxylic acid groups (broad SMARTS) is 2. The van der Waals surface area contributed by atoms with E-state index in [0.29, 0.717) is 0 Å². The van der Waals surface area contributed by atoms with Crippen molar-refractivity contribution in [3.8, 4) is 0 Å². The van der Waals surface area contributed by atoms with E-state index in [2.05, 4.69) is 10.5 Å². The van der Waals surface area contributed by atoms with Crippen LogP contribution >= 0.6 is 0 Å². The molecule has 0 saturated heterocycles. The van der Waals surface area contributed by atoms with Crippen molar-refractivity contribution in [2.24, 2.45) is 34.4 Å². The third-order valence-electron chi connectivity index (χ3n) is 3.25. The second-order valence-corrected chi connectivity index (χ2v) is 6.36. The van der Waals surface area contributed by atoms with Crippen molar-refractivity contribution < 1.29 is 53.9 Å². The van der Waals surface area contributed by atoms with Crippen LogP contribution in [0.15, 0.2) is 0 Å². The Bertz CT molecular complexity index is 673. The Balaban J connectivity index is -0.000000469. The molecule has 0 unspecified atom stereocenters. The van der Waals surface area contributed by atoms with Crippen molar-refractivity contribution in [3.63, 3.8) is 0 Å². The topological polar surface area (TPSA) is 349 Å². The first-order chi connectivity index (χ1) is 15.0. The first-order valence-corrected chi connectivity index (χ1v) is 9.06. The monoisotopic (exact) mass is 484 g/mol. The fraction of sp³-hybridized carbons (Fsp3) is 0.625. The van der Waals surface area contributed by atoms with Crippen LogP contribution in [-0.2, 0) is 33.5 Å². The van der Waals surface area contributed by atoms with E-state index < -0.39 is 72.6 Å². The van der Waals surface area contributed by atoms with Gasteiger partial charge in [0.25, 0.3) is 0 Å². The van der Waals surface area contributed by atoms with Crippen LogP contribution < -0.4 is 34.4 Å². The molecule has 0 spiro atoms. The van der Waals surface area contributed by atoms with Gasteiger partial charge in [-0.05, 0) is 13.3 Å². The molecule has 0 aliphatic heterocycles. The highest BCUT2D eigenvalue weighted by atomic mass is 16.6. The number of rotatable bonds is 11. The minimum absolute atomic E-state index is 0.0225. The first kappa shape index (κ1) is 34.4. The number of hydrogen-bond acceptors (Lipinski definition) is 13. The molecule has 0 saturated carbocycles.